The van der Waals surface area contributed by atoms with Gasteiger partial charge >= 0.3 is 0 Å². The molecule has 0 fully saturated rings. The van der Waals surface area contributed by atoms with Gasteiger partial charge in [-0.15, -0.1) is 0 Å². The molecule has 1 atom stereocenters. The standard InChI is InChI=1S/C22H25N/c1-4-5-14-23-15-22-20-9-7-6-8-18(20)11-13-21(22)19-12-10-16(2)17(19)3/h6-13,15,19H,4-5,14H2,1-3H3. The highest BCUT2D eigenvalue weighted by atomic mass is 14.7. The fourth-order valence-electron chi connectivity index (χ4n) is 3.23. The molecule has 2 aromatic rings. The van der Waals surface area contributed by atoms with Crippen LogP contribution >= 0.6 is 0 Å². The summed E-state index contributed by atoms with van der Waals surface area (Å²) in [6, 6.07) is 13.1. The number of benzene rings is 2. The molecular formula is C22H25N. The van der Waals surface area contributed by atoms with Gasteiger partial charge in [-0.3, -0.25) is 4.99 Å². The van der Waals surface area contributed by atoms with Crippen molar-refractivity contribution in [3.8, 4) is 0 Å². The molecule has 0 aliphatic heterocycles. The molecule has 118 valence electrons. The molecule has 1 aliphatic carbocycles. The Morgan fingerprint density at radius 1 is 1.09 bits per heavy atom. The van der Waals surface area contributed by atoms with Crippen LogP contribution in [0, 0.1) is 0 Å². The van der Waals surface area contributed by atoms with Gasteiger partial charge in [-0.2, -0.15) is 0 Å². The normalized spacial score (nSPS) is 17.8. The predicted molar refractivity (Wildman–Crippen MR) is 102 cm³/mol. The van der Waals surface area contributed by atoms with Gasteiger partial charge in [0.15, 0.2) is 0 Å². The zero-order valence-electron chi connectivity index (χ0n) is 14.3. The molecule has 0 amide bonds. The van der Waals surface area contributed by atoms with Crippen LogP contribution in [0.1, 0.15) is 50.7 Å². The highest BCUT2D eigenvalue weighted by Gasteiger charge is 2.20. The summed E-state index contributed by atoms with van der Waals surface area (Å²) >= 11 is 0. The molecule has 0 aromatic heterocycles. The third-order valence-electron chi connectivity index (χ3n) is 4.83. The number of rotatable bonds is 5. The number of fused-ring (bicyclic) bond motifs is 1. The molecule has 1 aliphatic rings. The Kier molecular flexibility index (Phi) is 4.76. The van der Waals surface area contributed by atoms with Crippen LogP contribution in [0.15, 0.2) is 64.7 Å². The number of nitrogens with zero attached hydrogens (tertiary/aromatic N) is 1. The van der Waals surface area contributed by atoms with Gasteiger partial charge in [0.05, 0.1) is 0 Å². The molecule has 23 heavy (non-hydrogen) atoms. The maximum atomic E-state index is 4.69. The van der Waals surface area contributed by atoms with Gasteiger partial charge < -0.3 is 0 Å². The Morgan fingerprint density at radius 3 is 2.65 bits per heavy atom. The van der Waals surface area contributed by atoms with Gasteiger partial charge in [0, 0.05) is 24.2 Å². The average molecular weight is 303 g/mol. The number of hydrogen-bond acceptors (Lipinski definition) is 1. The number of aliphatic imine (C=N–C) groups is 1. The van der Waals surface area contributed by atoms with Crippen LogP contribution < -0.4 is 0 Å². The fourth-order valence-corrected chi connectivity index (χ4v) is 3.23. The van der Waals surface area contributed by atoms with Crippen molar-refractivity contribution in [2.45, 2.75) is 39.5 Å². The summed E-state index contributed by atoms with van der Waals surface area (Å²) in [5.41, 5.74) is 5.48. The van der Waals surface area contributed by atoms with Crippen LogP contribution in [0.4, 0.5) is 0 Å². The topological polar surface area (TPSA) is 12.4 Å². The van der Waals surface area contributed by atoms with Crippen molar-refractivity contribution in [3.05, 3.63) is 70.8 Å². The van der Waals surface area contributed by atoms with Crippen LogP contribution in [-0.2, 0) is 0 Å². The zero-order valence-corrected chi connectivity index (χ0v) is 14.3. The first-order valence-corrected chi connectivity index (χ1v) is 8.59. The van der Waals surface area contributed by atoms with E-state index in [0.717, 1.165) is 13.0 Å². The number of unbranched alkanes of at least 4 members (excludes halogenated alkanes) is 1. The molecule has 0 heterocycles. The summed E-state index contributed by atoms with van der Waals surface area (Å²) in [5, 5.41) is 2.59. The van der Waals surface area contributed by atoms with Gasteiger partial charge in [0.2, 0.25) is 0 Å². The molecular weight excluding hydrogens is 278 g/mol. The first kappa shape index (κ1) is 15.7. The Labute approximate surface area is 139 Å². The van der Waals surface area contributed by atoms with E-state index in [1.807, 2.05) is 0 Å². The van der Waals surface area contributed by atoms with Crippen molar-refractivity contribution < 1.29 is 0 Å². The maximum absolute atomic E-state index is 4.69. The average Bonchev–Trinajstić information content (AvgIpc) is 2.91. The molecule has 1 unspecified atom stereocenters. The quantitative estimate of drug-likeness (QED) is 0.471. The first-order valence-electron chi connectivity index (χ1n) is 8.59. The van der Waals surface area contributed by atoms with Gasteiger partial charge in [0.1, 0.15) is 0 Å². The number of allylic oxidation sites excluding steroid dienone is 4. The predicted octanol–water partition coefficient (Wildman–Crippen LogP) is 6.05. The summed E-state index contributed by atoms with van der Waals surface area (Å²) in [4.78, 5) is 4.69. The lowest BCUT2D eigenvalue weighted by Crippen LogP contribution is -2.02. The third-order valence-corrected chi connectivity index (χ3v) is 4.83. The van der Waals surface area contributed by atoms with Crippen molar-refractivity contribution in [2.24, 2.45) is 4.99 Å². The lowest BCUT2D eigenvalue weighted by molar-refractivity contribution is 0.810. The van der Waals surface area contributed by atoms with Gasteiger partial charge in [-0.25, -0.2) is 0 Å². The smallest absolute Gasteiger partial charge is 0.0389 e. The van der Waals surface area contributed by atoms with E-state index in [4.69, 9.17) is 4.99 Å². The minimum atomic E-state index is 0.382. The second-order valence-electron chi connectivity index (χ2n) is 6.38. The van der Waals surface area contributed by atoms with Crippen LogP contribution in [0.25, 0.3) is 10.8 Å². The summed E-state index contributed by atoms with van der Waals surface area (Å²) < 4.78 is 0. The van der Waals surface area contributed by atoms with Gasteiger partial charge in [-0.05, 0) is 36.6 Å². The van der Waals surface area contributed by atoms with Crippen molar-refractivity contribution in [3.63, 3.8) is 0 Å². The second kappa shape index (κ2) is 6.95. The molecule has 2 aromatic carbocycles. The van der Waals surface area contributed by atoms with E-state index >= 15 is 0 Å². The Balaban J connectivity index is 2.10. The number of hydrogen-bond donors (Lipinski definition) is 0. The fraction of sp³-hybridized carbons (Fsp3) is 0.318. The molecule has 1 nitrogen and oxygen atoms in total. The largest absolute Gasteiger partial charge is 0.293 e. The van der Waals surface area contributed by atoms with Crippen LogP contribution in [0.5, 0.6) is 0 Å². The minimum absolute atomic E-state index is 0.382. The lowest BCUT2D eigenvalue weighted by Gasteiger charge is -2.16. The summed E-state index contributed by atoms with van der Waals surface area (Å²) in [5.74, 6) is 0.382. The monoisotopic (exact) mass is 303 g/mol. The molecule has 0 saturated carbocycles. The SMILES string of the molecule is CCCCN=Cc1c(C2C=CC(C)=C2C)ccc2ccccc12. The summed E-state index contributed by atoms with van der Waals surface area (Å²) in [6.07, 6.45) is 9.00. The van der Waals surface area contributed by atoms with Crippen LogP contribution in [-0.4, -0.2) is 12.8 Å². The van der Waals surface area contributed by atoms with E-state index in [2.05, 4.69) is 75.5 Å². The highest BCUT2D eigenvalue weighted by molar-refractivity contribution is 6.01. The lowest BCUT2D eigenvalue weighted by atomic mass is 9.87. The minimum Gasteiger partial charge on any atom is -0.293 e. The van der Waals surface area contributed by atoms with Crippen LogP contribution in [0.3, 0.4) is 0 Å². The molecule has 0 saturated heterocycles. The van der Waals surface area contributed by atoms with E-state index < -0.39 is 0 Å². The molecule has 1 heteroatoms. The maximum Gasteiger partial charge on any atom is 0.0389 e. The molecule has 0 bridgehead atoms. The Hall–Kier alpha value is -2.15. The van der Waals surface area contributed by atoms with E-state index in [1.54, 1.807) is 0 Å². The molecule has 3 rings (SSSR count). The van der Waals surface area contributed by atoms with Crippen LogP contribution in [0.2, 0.25) is 0 Å². The van der Waals surface area contributed by atoms with Gasteiger partial charge in [0.25, 0.3) is 0 Å². The van der Waals surface area contributed by atoms with Gasteiger partial charge in [-0.1, -0.05) is 73.0 Å². The third kappa shape index (κ3) is 3.14. The van der Waals surface area contributed by atoms with Crippen molar-refractivity contribution >= 4 is 17.0 Å². The second-order valence-corrected chi connectivity index (χ2v) is 6.38. The molecule has 0 radical (unpaired) electrons. The van der Waals surface area contributed by atoms with Crippen molar-refractivity contribution in [1.82, 2.24) is 0 Å². The van der Waals surface area contributed by atoms with E-state index in [-0.39, 0.29) is 0 Å². The van der Waals surface area contributed by atoms with Crippen molar-refractivity contribution in [1.29, 1.82) is 0 Å². The summed E-state index contributed by atoms with van der Waals surface area (Å²) in [6.45, 7) is 7.56. The zero-order chi connectivity index (χ0) is 16.2. The summed E-state index contributed by atoms with van der Waals surface area (Å²) in [7, 11) is 0. The Bertz CT molecular complexity index is 793. The molecule has 0 N–H and O–H groups in total. The molecule has 0 spiro atoms. The highest BCUT2D eigenvalue weighted by Crippen LogP contribution is 2.37. The van der Waals surface area contributed by atoms with E-state index in [9.17, 15) is 0 Å². The van der Waals surface area contributed by atoms with E-state index in [1.165, 1.54) is 39.5 Å². The van der Waals surface area contributed by atoms with E-state index in [0.29, 0.717) is 5.92 Å². The van der Waals surface area contributed by atoms with Crippen molar-refractivity contribution in [2.75, 3.05) is 6.54 Å². The first-order chi connectivity index (χ1) is 11.2. The Morgan fingerprint density at radius 2 is 1.91 bits per heavy atom.